The van der Waals surface area contributed by atoms with Crippen molar-refractivity contribution in [2.45, 2.75) is 38.6 Å². The highest BCUT2D eigenvalue weighted by Gasteiger charge is 2.43. The van der Waals surface area contributed by atoms with E-state index < -0.39 is 11.4 Å². The van der Waals surface area contributed by atoms with E-state index in [-0.39, 0.29) is 11.9 Å². The molecule has 5 nitrogen and oxygen atoms in total. The van der Waals surface area contributed by atoms with Gasteiger partial charge in [0.15, 0.2) is 0 Å². The standard InChI is InChI=1S/C14H18N2O3/c1-14(13(18)19)8-4-2-7-11(14)16-12(17)10-6-3-5-9-15-10/h3,5-6,9,11H,2,4,7-8H2,1H3,(H,16,17)(H,18,19). The molecule has 5 heteroatoms. The number of nitrogens with one attached hydrogen (secondary N) is 1. The zero-order valence-electron chi connectivity index (χ0n) is 10.9. The third-order valence-electron chi connectivity index (χ3n) is 3.90. The normalized spacial score (nSPS) is 26.7. The van der Waals surface area contributed by atoms with Crippen LogP contribution in [0.4, 0.5) is 0 Å². The van der Waals surface area contributed by atoms with Crippen LogP contribution in [0.2, 0.25) is 0 Å². The molecule has 1 aliphatic rings. The molecule has 1 aliphatic carbocycles. The van der Waals surface area contributed by atoms with Gasteiger partial charge in [-0.05, 0) is 31.9 Å². The van der Waals surface area contributed by atoms with Gasteiger partial charge in [0, 0.05) is 12.2 Å². The SMILES string of the molecule is CC1(C(=O)O)CCCCC1NC(=O)c1ccccn1. The number of hydrogen-bond donors (Lipinski definition) is 2. The van der Waals surface area contributed by atoms with E-state index in [4.69, 9.17) is 0 Å². The van der Waals surface area contributed by atoms with Crippen molar-refractivity contribution in [3.8, 4) is 0 Å². The summed E-state index contributed by atoms with van der Waals surface area (Å²) in [5.41, 5.74) is -0.566. The predicted octanol–water partition coefficient (Wildman–Crippen LogP) is 1.84. The smallest absolute Gasteiger partial charge is 0.311 e. The second-order valence-electron chi connectivity index (χ2n) is 5.21. The molecule has 0 bridgehead atoms. The maximum Gasteiger partial charge on any atom is 0.311 e. The Kier molecular flexibility index (Phi) is 3.83. The third-order valence-corrected chi connectivity index (χ3v) is 3.90. The van der Waals surface area contributed by atoms with Crippen molar-refractivity contribution in [3.05, 3.63) is 30.1 Å². The van der Waals surface area contributed by atoms with Gasteiger partial charge in [-0.1, -0.05) is 18.9 Å². The van der Waals surface area contributed by atoms with Gasteiger partial charge in [0.05, 0.1) is 5.41 Å². The molecular weight excluding hydrogens is 244 g/mol. The summed E-state index contributed by atoms with van der Waals surface area (Å²) < 4.78 is 0. The van der Waals surface area contributed by atoms with E-state index in [1.807, 2.05) is 0 Å². The molecule has 102 valence electrons. The molecule has 1 heterocycles. The molecule has 2 unspecified atom stereocenters. The van der Waals surface area contributed by atoms with Crippen LogP contribution in [0.15, 0.2) is 24.4 Å². The number of carbonyl (C=O) groups excluding carboxylic acids is 1. The molecule has 2 atom stereocenters. The Morgan fingerprint density at radius 1 is 1.42 bits per heavy atom. The van der Waals surface area contributed by atoms with Crippen molar-refractivity contribution in [2.75, 3.05) is 0 Å². The number of nitrogens with zero attached hydrogens (tertiary/aromatic N) is 1. The summed E-state index contributed by atoms with van der Waals surface area (Å²) >= 11 is 0. The number of amides is 1. The second-order valence-corrected chi connectivity index (χ2v) is 5.21. The molecule has 0 radical (unpaired) electrons. The van der Waals surface area contributed by atoms with E-state index in [1.165, 1.54) is 0 Å². The van der Waals surface area contributed by atoms with Crippen LogP contribution >= 0.6 is 0 Å². The molecule has 19 heavy (non-hydrogen) atoms. The zero-order chi connectivity index (χ0) is 13.9. The van der Waals surface area contributed by atoms with Gasteiger partial charge in [0.25, 0.3) is 5.91 Å². The minimum Gasteiger partial charge on any atom is -0.481 e. The monoisotopic (exact) mass is 262 g/mol. The molecule has 1 saturated carbocycles. The average molecular weight is 262 g/mol. The van der Waals surface area contributed by atoms with Crippen LogP contribution in [0, 0.1) is 5.41 Å². The Balaban J connectivity index is 2.12. The fraction of sp³-hybridized carbons (Fsp3) is 0.500. The van der Waals surface area contributed by atoms with Gasteiger partial charge in [0.1, 0.15) is 5.69 Å². The minimum absolute atomic E-state index is 0.306. The first-order valence-corrected chi connectivity index (χ1v) is 6.49. The van der Waals surface area contributed by atoms with Crippen molar-refractivity contribution in [2.24, 2.45) is 5.41 Å². The second kappa shape index (κ2) is 5.38. The highest BCUT2D eigenvalue weighted by Crippen LogP contribution is 2.36. The van der Waals surface area contributed by atoms with Crippen LogP contribution < -0.4 is 5.32 Å². The molecule has 0 saturated heterocycles. The van der Waals surface area contributed by atoms with Gasteiger partial charge in [0.2, 0.25) is 0 Å². The van der Waals surface area contributed by atoms with Crippen LogP contribution in [0.3, 0.4) is 0 Å². The Bertz CT molecular complexity index is 475. The number of pyridine rings is 1. The fourth-order valence-electron chi connectivity index (χ4n) is 2.55. The first-order valence-electron chi connectivity index (χ1n) is 6.49. The maximum absolute atomic E-state index is 12.1. The molecule has 0 aromatic carbocycles. The largest absolute Gasteiger partial charge is 0.481 e. The van der Waals surface area contributed by atoms with Crippen LogP contribution in [0.25, 0.3) is 0 Å². The Labute approximate surface area is 112 Å². The van der Waals surface area contributed by atoms with E-state index in [0.717, 1.165) is 12.8 Å². The molecule has 0 aliphatic heterocycles. The Hall–Kier alpha value is -1.91. The molecular formula is C14H18N2O3. The first kappa shape index (κ1) is 13.5. The van der Waals surface area contributed by atoms with Crippen LogP contribution in [-0.2, 0) is 4.79 Å². The number of aliphatic carboxylic acids is 1. The maximum atomic E-state index is 12.1. The highest BCUT2D eigenvalue weighted by atomic mass is 16.4. The van der Waals surface area contributed by atoms with Gasteiger partial charge in [-0.3, -0.25) is 14.6 Å². The van der Waals surface area contributed by atoms with E-state index in [9.17, 15) is 14.7 Å². The van der Waals surface area contributed by atoms with E-state index in [1.54, 1.807) is 31.3 Å². The summed E-state index contributed by atoms with van der Waals surface area (Å²) in [6, 6.07) is 4.75. The van der Waals surface area contributed by atoms with Gasteiger partial charge < -0.3 is 10.4 Å². The lowest BCUT2D eigenvalue weighted by Gasteiger charge is -2.38. The van der Waals surface area contributed by atoms with Crippen molar-refractivity contribution in [1.29, 1.82) is 0 Å². The summed E-state index contributed by atoms with van der Waals surface area (Å²) in [5, 5.41) is 12.2. The van der Waals surface area contributed by atoms with E-state index in [0.29, 0.717) is 18.5 Å². The number of hydrogen-bond acceptors (Lipinski definition) is 3. The van der Waals surface area contributed by atoms with Gasteiger partial charge in [-0.15, -0.1) is 0 Å². The van der Waals surface area contributed by atoms with Crippen molar-refractivity contribution in [1.82, 2.24) is 10.3 Å². The summed E-state index contributed by atoms with van der Waals surface area (Å²) in [7, 11) is 0. The lowest BCUT2D eigenvalue weighted by atomic mass is 9.71. The lowest BCUT2D eigenvalue weighted by Crippen LogP contribution is -2.52. The molecule has 1 aromatic heterocycles. The number of carboxylic acids is 1. The lowest BCUT2D eigenvalue weighted by molar-refractivity contribution is -0.151. The highest BCUT2D eigenvalue weighted by molar-refractivity contribution is 5.93. The quantitative estimate of drug-likeness (QED) is 0.871. The van der Waals surface area contributed by atoms with Crippen LogP contribution in [-0.4, -0.2) is 28.0 Å². The Morgan fingerprint density at radius 3 is 2.84 bits per heavy atom. The van der Waals surface area contributed by atoms with Gasteiger partial charge in [-0.2, -0.15) is 0 Å². The number of aromatic nitrogens is 1. The topological polar surface area (TPSA) is 79.3 Å². The number of rotatable bonds is 3. The molecule has 0 spiro atoms. The zero-order valence-corrected chi connectivity index (χ0v) is 10.9. The molecule has 2 rings (SSSR count). The summed E-state index contributed by atoms with van der Waals surface area (Å²) in [6.45, 7) is 1.71. The van der Waals surface area contributed by atoms with E-state index in [2.05, 4.69) is 10.3 Å². The minimum atomic E-state index is -0.886. The fourth-order valence-corrected chi connectivity index (χ4v) is 2.55. The third kappa shape index (κ3) is 2.75. The van der Waals surface area contributed by atoms with Crippen LogP contribution in [0.5, 0.6) is 0 Å². The summed E-state index contributed by atoms with van der Waals surface area (Å²) in [4.78, 5) is 27.5. The summed E-state index contributed by atoms with van der Waals surface area (Å²) in [6.07, 6.45) is 4.66. The molecule has 1 aromatic rings. The van der Waals surface area contributed by atoms with E-state index >= 15 is 0 Å². The molecule has 1 fully saturated rings. The van der Waals surface area contributed by atoms with Crippen LogP contribution in [0.1, 0.15) is 43.1 Å². The van der Waals surface area contributed by atoms with Crippen molar-refractivity contribution in [3.63, 3.8) is 0 Å². The van der Waals surface area contributed by atoms with Crippen molar-refractivity contribution < 1.29 is 14.7 Å². The number of carbonyl (C=O) groups is 2. The van der Waals surface area contributed by atoms with Gasteiger partial charge >= 0.3 is 5.97 Å². The molecule has 2 N–H and O–H groups in total. The predicted molar refractivity (Wildman–Crippen MR) is 69.7 cm³/mol. The summed E-state index contributed by atoms with van der Waals surface area (Å²) in [5.74, 6) is -1.15. The number of carboxylic acid groups (broad SMARTS) is 1. The van der Waals surface area contributed by atoms with Gasteiger partial charge in [-0.25, -0.2) is 0 Å². The Morgan fingerprint density at radius 2 is 2.21 bits per heavy atom. The average Bonchev–Trinajstić information content (AvgIpc) is 2.42. The first-order chi connectivity index (χ1) is 9.04. The van der Waals surface area contributed by atoms with Crippen molar-refractivity contribution >= 4 is 11.9 Å². The molecule has 1 amide bonds.